The summed E-state index contributed by atoms with van der Waals surface area (Å²) in [6, 6.07) is 0. The second kappa shape index (κ2) is 6.37. The number of rotatable bonds is 7. The Morgan fingerprint density at radius 2 is 1.65 bits per heavy atom. The Balaban J connectivity index is 4.76. The van der Waals surface area contributed by atoms with Crippen LogP contribution in [0, 0.1) is 29.1 Å². The average molecular weight is 238 g/mol. The fourth-order valence-electron chi connectivity index (χ4n) is 2.08. The predicted molar refractivity (Wildman–Crippen MR) is 75.9 cm³/mol. The van der Waals surface area contributed by atoms with Crippen molar-refractivity contribution in [3.8, 4) is 0 Å². The molecule has 0 rings (SSSR count). The van der Waals surface area contributed by atoms with E-state index in [0.717, 1.165) is 6.42 Å². The van der Waals surface area contributed by atoms with Gasteiger partial charge in [-0.1, -0.05) is 54.5 Å². The minimum atomic E-state index is -0.221. The quantitative estimate of drug-likeness (QED) is 0.586. The molecule has 0 aromatic rings. The zero-order chi connectivity index (χ0) is 13.8. The molecule has 17 heavy (non-hydrogen) atoms. The van der Waals surface area contributed by atoms with Crippen molar-refractivity contribution in [3.63, 3.8) is 0 Å². The highest BCUT2D eigenvalue weighted by molar-refractivity contribution is 5.86. The Morgan fingerprint density at radius 3 is 2.00 bits per heavy atom. The van der Waals surface area contributed by atoms with Crippen LogP contribution in [-0.2, 0) is 4.79 Å². The van der Waals surface area contributed by atoms with Crippen LogP contribution in [0.4, 0.5) is 0 Å². The molecule has 100 valence electrons. The standard InChI is InChI=1S/C16H30O/c1-9-10-12(4)13(5)14(6)15(17)16(7,8)11(2)3/h9,11-14H,1,10H2,2-8H3/t12?,13-,14?/m1/s1. The molecule has 3 atom stereocenters. The molecule has 0 N–H and O–H groups in total. The number of hydrogen-bond donors (Lipinski definition) is 0. The zero-order valence-corrected chi connectivity index (χ0v) is 12.7. The van der Waals surface area contributed by atoms with Crippen molar-refractivity contribution in [3.05, 3.63) is 12.7 Å². The van der Waals surface area contributed by atoms with Crippen molar-refractivity contribution in [1.82, 2.24) is 0 Å². The van der Waals surface area contributed by atoms with Crippen molar-refractivity contribution >= 4 is 5.78 Å². The molecule has 0 spiro atoms. The molecule has 0 heterocycles. The minimum absolute atomic E-state index is 0.127. The van der Waals surface area contributed by atoms with Crippen LogP contribution in [0.1, 0.15) is 54.9 Å². The first-order chi connectivity index (χ1) is 7.66. The third-order valence-corrected chi connectivity index (χ3v) is 4.72. The van der Waals surface area contributed by atoms with Gasteiger partial charge in [-0.2, -0.15) is 0 Å². The summed E-state index contributed by atoms with van der Waals surface area (Å²) in [6.07, 6.45) is 2.94. The number of Topliss-reactive ketones (excluding diaryl/α,β-unsaturated/α-hetero) is 1. The molecule has 1 nitrogen and oxygen atoms in total. The van der Waals surface area contributed by atoms with Gasteiger partial charge in [0.05, 0.1) is 0 Å². The molecule has 0 aliphatic carbocycles. The maximum Gasteiger partial charge on any atom is 0.141 e. The van der Waals surface area contributed by atoms with Crippen LogP contribution in [0.15, 0.2) is 12.7 Å². The van der Waals surface area contributed by atoms with Gasteiger partial charge in [0, 0.05) is 11.3 Å². The summed E-state index contributed by atoms with van der Waals surface area (Å²) < 4.78 is 0. The first-order valence-corrected chi connectivity index (χ1v) is 6.81. The molecule has 2 unspecified atom stereocenters. The molecule has 0 aromatic heterocycles. The van der Waals surface area contributed by atoms with Crippen molar-refractivity contribution in [2.75, 3.05) is 0 Å². The lowest BCUT2D eigenvalue weighted by atomic mass is 9.69. The molecule has 0 bridgehead atoms. The molecule has 0 aromatic carbocycles. The van der Waals surface area contributed by atoms with Crippen molar-refractivity contribution in [1.29, 1.82) is 0 Å². The summed E-state index contributed by atoms with van der Waals surface area (Å²) >= 11 is 0. The van der Waals surface area contributed by atoms with E-state index in [9.17, 15) is 4.79 Å². The molecule has 0 fully saturated rings. The van der Waals surface area contributed by atoms with E-state index in [2.05, 4.69) is 55.0 Å². The molecule has 0 saturated heterocycles. The largest absolute Gasteiger partial charge is 0.299 e. The van der Waals surface area contributed by atoms with Crippen molar-refractivity contribution in [2.24, 2.45) is 29.1 Å². The van der Waals surface area contributed by atoms with Gasteiger partial charge in [0.15, 0.2) is 0 Å². The van der Waals surface area contributed by atoms with Gasteiger partial charge in [-0.15, -0.1) is 6.58 Å². The second-order valence-electron chi connectivity index (χ2n) is 6.39. The van der Waals surface area contributed by atoms with Crippen LogP contribution < -0.4 is 0 Å². The highest BCUT2D eigenvalue weighted by Crippen LogP contribution is 2.35. The monoisotopic (exact) mass is 238 g/mol. The lowest BCUT2D eigenvalue weighted by molar-refractivity contribution is -0.135. The van der Waals surface area contributed by atoms with E-state index in [-0.39, 0.29) is 11.3 Å². The molecule has 1 heteroatoms. The Labute approximate surface area is 108 Å². The molecular weight excluding hydrogens is 208 g/mol. The van der Waals surface area contributed by atoms with Crippen molar-refractivity contribution in [2.45, 2.75) is 54.9 Å². The van der Waals surface area contributed by atoms with E-state index >= 15 is 0 Å². The summed E-state index contributed by atoms with van der Waals surface area (Å²) in [6.45, 7) is 18.7. The Morgan fingerprint density at radius 1 is 1.18 bits per heavy atom. The van der Waals surface area contributed by atoms with Crippen LogP contribution >= 0.6 is 0 Å². The first kappa shape index (κ1) is 16.4. The second-order valence-corrected chi connectivity index (χ2v) is 6.39. The summed E-state index contributed by atoms with van der Waals surface area (Å²) in [4.78, 5) is 12.5. The fourth-order valence-corrected chi connectivity index (χ4v) is 2.08. The summed E-state index contributed by atoms with van der Waals surface area (Å²) in [5.41, 5.74) is -0.221. The maximum absolute atomic E-state index is 12.5. The van der Waals surface area contributed by atoms with E-state index < -0.39 is 0 Å². The van der Waals surface area contributed by atoms with Crippen LogP contribution in [0.25, 0.3) is 0 Å². The Hall–Kier alpha value is -0.590. The van der Waals surface area contributed by atoms with E-state index in [0.29, 0.717) is 23.5 Å². The lowest BCUT2D eigenvalue weighted by Gasteiger charge is -2.34. The van der Waals surface area contributed by atoms with E-state index in [4.69, 9.17) is 0 Å². The number of hydrogen-bond acceptors (Lipinski definition) is 1. The normalized spacial score (nSPS) is 17.6. The average Bonchev–Trinajstić information content (AvgIpc) is 2.25. The van der Waals surface area contributed by atoms with Crippen LogP contribution in [0.2, 0.25) is 0 Å². The van der Waals surface area contributed by atoms with Gasteiger partial charge in [-0.05, 0) is 24.2 Å². The van der Waals surface area contributed by atoms with E-state index in [1.54, 1.807) is 0 Å². The van der Waals surface area contributed by atoms with Gasteiger partial charge in [0.2, 0.25) is 0 Å². The molecular formula is C16H30O. The summed E-state index contributed by atoms with van der Waals surface area (Å²) in [5.74, 6) is 1.85. The number of allylic oxidation sites excluding steroid dienone is 1. The Bertz CT molecular complexity index is 263. The number of carbonyl (C=O) groups excluding carboxylic acids is 1. The van der Waals surface area contributed by atoms with Crippen molar-refractivity contribution < 1.29 is 4.79 Å². The van der Waals surface area contributed by atoms with Crippen LogP contribution in [0.3, 0.4) is 0 Å². The summed E-state index contributed by atoms with van der Waals surface area (Å²) in [7, 11) is 0. The SMILES string of the molecule is C=CCC(C)[C@@H](C)C(C)C(=O)C(C)(C)C(C)C. The highest BCUT2D eigenvalue weighted by atomic mass is 16.1. The van der Waals surface area contributed by atoms with Crippen LogP contribution in [0.5, 0.6) is 0 Å². The molecule has 0 radical (unpaired) electrons. The predicted octanol–water partition coefficient (Wildman–Crippen LogP) is 4.72. The summed E-state index contributed by atoms with van der Waals surface area (Å²) in [5, 5.41) is 0. The molecule has 0 amide bonds. The van der Waals surface area contributed by atoms with Gasteiger partial charge in [0.1, 0.15) is 5.78 Å². The van der Waals surface area contributed by atoms with Gasteiger partial charge >= 0.3 is 0 Å². The maximum atomic E-state index is 12.5. The topological polar surface area (TPSA) is 17.1 Å². The molecule has 0 aliphatic heterocycles. The van der Waals surface area contributed by atoms with Gasteiger partial charge in [-0.3, -0.25) is 4.79 Å². The molecule has 0 saturated carbocycles. The number of ketones is 1. The first-order valence-electron chi connectivity index (χ1n) is 6.81. The van der Waals surface area contributed by atoms with Gasteiger partial charge < -0.3 is 0 Å². The minimum Gasteiger partial charge on any atom is -0.299 e. The third kappa shape index (κ3) is 3.97. The fraction of sp³-hybridized carbons (Fsp3) is 0.812. The zero-order valence-electron chi connectivity index (χ0n) is 12.7. The van der Waals surface area contributed by atoms with Gasteiger partial charge in [0.25, 0.3) is 0 Å². The third-order valence-electron chi connectivity index (χ3n) is 4.72. The van der Waals surface area contributed by atoms with Gasteiger partial charge in [-0.25, -0.2) is 0 Å². The smallest absolute Gasteiger partial charge is 0.141 e. The van der Waals surface area contributed by atoms with Crippen LogP contribution in [-0.4, -0.2) is 5.78 Å². The van der Waals surface area contributed by atoms with E-state index in [1.165, 1.54) is 0 Å². The highest BCUT2D eigenvalue weighted by Gasteiger charge is 2.37. The van der Waals surface area contributed by atoms with E-state index in [1.807, 2.05) is 6.08 Å². The molecule has 0 aliphatic rings. The Kier molecular flexibility index (Phi) is 6.15. The number of carbonyl (C=O) groups is 1. The lowest BCUT2D eigenvalue weighted by Crippen LogP contribution is -2.37.